The quantitative estimate of drug-likeness (QED) is 0.796. The standard InChI is InChI=1S/C14H21NS/c1-11(9-13-3-2-8-16-13)15-10-14(6-7-14)12-4-5-12/h2-3,8,11-12,15H,4-7,9-10H2,1H3. The molecule has 0 spiro atoms. The molecule has 3 rings (SSSR count). The van der Waals surface area contributed by atoms with Crippen molar-refractivity contribution in [3.05, 3.63) is 22.4 Å². The van der Waals surface area contributed by atoms with Gasteiger partial charge in [-0.3, -0.25) is 0 Å². The summed E-state index contributed by atoms with van der Waals surface area (Å²) in [5.74, 6) is 1.08. The maximum absolute atomic E-state index is 3.75. The molecule has 1 N–H and O–H groups in total. The molecule has 0 radical (unpaired) electrons. The van der Waals surface area contributed by atoms with Crippen molar-refractivity contribution in [2.45, 2.75) is 45.1 Å². The molecule has 2 aliphatic rings. The van der Waals surface area contributed by atoms with Crippen molar-refractivity contribution in [2.24, 2.45) is 11.3 Å². The van der Waals surface area contributed by atoms with Gasteiger partial charge in [0.1, 0.15) is 0 Å². The summed E-state index contributed by atoms with van der Waals surface area (Å²) in [7, 11) is 0. The SMILES string of the molecule is CC(Cc1cccs1)NCC1(C2CC2)CC1. The average molecular weight is 235 g/mol. The van der Waals surface area contributed by atoms with Crippen LogP contribution in [0, 0.1) is 11.3 Å². The molecule has 2 heteroatoms. The first-order valence-corrected chi connectivity index (χ1v) is 7.42. The lowest BCUT2D eigenvalue weighted by atomic mass is 10.00. The second-order valence-electron chi connectivity index (χ2n) is 5.70. The van der Waals surface area contributed by atoms with Gasteiger partial charge in [0.15, 0.2) is 0 Å². The molecule has 0 saturated heterocycles. The molecule has 2 aliphatic carbocycles. The summed E-state index contributed by atoms with van der Waals surface area (Å²) >= 11 is 1.88. The highest BCUT2D eigenvalue weighted by Crippen LogP contribution is 2.60. The molecular formula is C14H21NS. The number of hydrogen-bond donors (Lipinski definition) is 1. The normalized spacial score (nSPS) is 24.3. The fraction of sp³-hybridized carbons (Fsp3) is 0.714. The van der Waals surface area contributed by atoms with E-state index < -0.39 is 0 Å². The zero-order chi connectivity index (χ0) is 11.0. The lowest BCUT2D eigenvalue weighted by Crippen LogP contribution is -2.34. The lowest BCUT2D eigenvalue weighted by Gasteiger charge is -2.19. The largest absolute Gasteiger partial charge is 0.313 e. The predicted molar refractivity (Wildman–Crippen MR) is 69.9 cm³/mol. The van der Waals surface area contributed by atoms with Crippen LogP contribution in [0.1, 0.15) is 37.5 Å². The van der Waals surface area contributed by atoms with E-state index in [2.05, 4.69) is 29.8 Å². The van der Waals surface area contributed by atoms with E-state index in [0.717, 1.165) is 11.3 Å². The molecular weight excluding hydrogens is 214 g/mol. The molecule has 0 aliphatic heterocycles. The Labute approximate surface area is 102 Å². The Hall–Kier alpha value is -0.340. The molecule has 2 saturated carbocycles. The smallest absolute Gasteiger partial charge is 0.00872 e. The molecule has 1 heterocycles. The van der Waals surface area contributed by atoms with Gasteiger partial charge in [0.05, 0.1) is 0 Å². The minimum atomic E-state index is 0.634. The van der Waals surface area contributed by atoms with E-state index in [1.54, 1.807) is 0 Å². The van der Waals surface area contributed by atoms with Crippen molar-refractivity contribution in [3.8, 4) is 0 Å². The summed E-state index contributed by atoms with van der Waals surface area (Å²) in [6.07, 6.45) is 7.16. The van der Waals surface area contributed by atoms with Gasteiger partial charge in [0.25, 0.3) is 0 Å². The Morgan fingerprint density at radius 2 is 2.31 bits per heavy atom. The van der Waals surface area contributed by atoms with Crippen LogP contribution in [0.4, 0.5) is 0 Å². The van der Waals surface area contributed by atoms with Crippen LogP contribution in [-0.2, 0) is 6.42 Å². The first-order valence-electron chi connectivity index (χ1n) is 6.54. The van der Waals surface area contributed by atoms with E-state index in [9.17, 15) is 0 Å². The Bertz CT molecular complexity index is 336. The lowest BCUT2D eigenvalue weighted by molar-refractivity contribution is 0.378. The monoisotopic (exact) mass is 235 g/mol. The first kappa shape index (κ1) is 10.8. The summed E-state index contributed by atoms with van der Waals surface area (Å²) < 4.78 is 0. The molecule has 1 unspecified atom stereocenters. The molecule has 0 amide bonds. The van der Waals surface area contributed by atoms with Crippen LogP contribution >= 0.6 is 11.3 Å². The molecule has 1 aromatic rings. The Morgan fingerprint density at radius 3 is 2.88 bits per heavy atom. The predicted octanol–water partition coefficient (Wildman–Crippen LogP) is 3.46. The first-order chi connectivity index (χ1) is 7.78. The van der Waals surface area contributed by atoms with Crippen LogP contribution in [0.15, 0.2) is 17.5 Å². The molecule has 1 atom stereocenters. The van der Waals surface area contributed by atoms with Gasteiger partial charge >= 0.3 is 0 Å². The number of thiophene rings is 1. The second-order valence-corrected chi connectivity index (χ2v) is 6.73. The van der Waals surface area contributed by atoms with Crippen LogP contribution < -0.4 is 5.32 Å². The highest BCUT2D eigenvalue weighted by atomic mass is 32.1. The zero-order valence-corrected chi connectivity index (χ0v) is 10.9. The van der Waals surface area contributed by atoms with Crippen LogP contribution in [0.3, 0.4) is 0 Å². The summed E-state index contributed by atoms with van der Waals surface area (Å²) in [6.45, 7) is 3.59. The molecule has 0 aromatic carbocycles. The van der Waals surface area contributed by atoms with Crippen molar-refractivity contribution in [2.75, 3.05) is 6.54 Å². The summed E-state index contributed by atoms with van der Waals surface area (Å²) in [5.41, 5.74) is 0.740. The zero-order valence-electron chi connectivity index (χ0n) is 10.0. The van der Waals surface area contributed by atoms with Gasteiger partial charge in [-0.25, -0.2) is 0 Å². The number of nitrogens with one attached hydrogen (secondary N) is 1. The van der Waals surface area contributed by atoms with E-state index >= 15 is 0 Å². The van der Waals surface area contributed by atoms with Gasteiger partial charge < -0.3 is 5.32 Å². The van der Waals surface area contributed by atoms with Crippen molar-refractivity contribution >= 4 is 11.3 Å². The third kappa shape index (κ3) is 2.33. The summed E-state index contributed by atoms with van der Waals surface area (Å²) in [4.78, 5) is 1.51. The Kier molecular flexibility index (Phi) is 2.80. The molecule has 2 fully saturated rings. The maximum atomic E-state index is 3.75. The van der Waals surface area contributed by atoms with Gasteiger partial charge in [-0.15, -0.1) is 11.3 Å². The topological polar surface area (TPSA) is 12.0 Å². The highest BCUT2D eigenvalue weighted by molar-refractivity contribution is 7.09. The van der Waals surface area contributed by atoms with Crippen molar-refractivity contribution in [3.63, 3.8) is 0 Å². The van der Waals surface area contributed by atoms with Crippen LogP contribution in [0.25, 0.3) is 0 Å². The van der Waals surface area contributed by atoms with Crippen LogP contribution in [-0.4, -0.2) is 12.6 Å². The van der Waals surface area contributed by atoms with E-state index in [1.807, 2.05) is 11.3 Å². The third-order valence-electron chi connectivity index (χ3n) is 4.23. The van der Waals surface area contributed by atoms with Gasteiger partial charge in [0, 0.05) is 17.5 Å². The summed E-state index contributed by atoms with van der Waals surface area (Å²) in [6, 6.07) is 5.03. The second kappa shape index (κ2) is 4.15. The molecule has 1 aromatic heterocycles. The average Bonchev–Trinajstić information content (AvgIpc) is 3.16. The van der Waals surface area contributed by atoms with E-state index in [4.69, 9.17) is 0 Å². The Balaban J connectivity index is 1.44. The van der Waals surface area contributed by atoms with E-state index in [1.165, 1.54) is 43.5 Å². The third-order valence-corrected chi connectivity index (χ3v) is 5.12. The van der Waals surface area contributed by atoms with Crippen molar-refractivity contribution < 1.29 is 0 Å². The maximum Gasteiger partial charge on any atom is 0.00872 e. The summed E-state index contributed by atoms with van der Waals surface area (Å²) in [5, 5.41) is 5.93. The van der Waals surface area contributed by atoms with Gasteiger partial charge in [-0.05, 0) is 61.8 Å². The minimum absolute atomic E-state index is 0.634. The minimum Gasteiger partial charge on any atom is -0.313 e. The highest BCUT2D eigenvalue weighted by Gasteiger charge is 2.53. The van der Waals surface area contributed by atoms with E-state index in [0.29, 0.717) is 6.04 Å². The van der Waals surface area contributed by atoms with Crippen LogP contribution in [0.2, 0.25) is 0 Å². The van der Waals surface area contributed by atoms with Crippen LogP contribution in [0.5, 0.6) is 0 Å². The molecule has 88 valence electrons. The Morgan fingerprint density at radius 1 is 1.50 bits per heavy atom. The fourth-order valence-corrected chi connectivity index (χ4v) is 3.60. The fourth-order valence-electron chi connectivity index (χ4n) is 2.77. The van der Waals surface area contributed by atoms with Crippen molar-refractivity contribution in [1.82, 2.24) is 5.32 Å². The van der Waals surface area contributed by atoms with E-state index in [-0.39, 0.29) is 0 Å². The molecule has 1 nitrogen and oxygen atoms in total. The van der Waals surface area contributed by atoms with Gasteiger partial charge in [-0.1, -0.05) is 6.07 Å². The number of hydrogen-bond acceptors (Lipinski definition) is 2. The number of rotatable bonds is 6. The molecule has 0 bridgehead atoms. The van der Waals surface area contributed by atoms with Gasteiger partial charge in [-0.2, -0.15) is 0 Å². The molecule has 16 heavy (non-hydrogen) atoms. The van der Waals surface area contributed by atoms with Crippen molar-refractivity contribution in [1.29, 1.82) is 0 Å². The van der Waals surface area contributed by atoms with Gasteiger partial charge in [0.2, 0.25) is 0 Å².